The molecule has 0 heterocycles. The largest absolute Gasteiger partial charge is 0.383 e. The zero-order chi connectivity index (χ0) is 14.3. The van der Waals surface area contributed by atoms with Crippen LogP contribution in [0.3, 0.4) is 0 Å². The van der Waals surface area contributed by atoms with Gasteiger partial charge >= 0.3 is 0 Å². The summed E-state index contributed by atoms with van der Waals surface area (Å²) in [5, 5.41) is 0. The molecule has 1 amide bonds. The summed E-state index contributed by atoms with van der Waals surface area (Å²) in [6.45, 7) is 5.10. The van der Waals surface area contributed by atoms with Gasteiger partial charge in [0.15, 0.2) is 0 Å². The average Bonchev–Trinajstić information content (AvgIpc) is 2.40. The van der Waals surface area contributed by atoms with E-state index in [0.717, 1.165) is 5.56 Å². The average molecular weight is 264 g/mol. The van der Waals surface area contributed by atoms with Crippen molar-refractivity contribution >= 4 is 5.91 Å². The summed E-state index contributed by atoms with van der Waals surface area (Å²) in [5.41, 5.74) is 7.11. The number of benzene rings is 1. The molecule has 1 rings (SSSR count). The highest BCUT2D eigenvalue weighted by Gasteiger charge is 2.24. The number of carbonyl (C=O) groups is 1. The third-order valence-electron chi connectivity index (χ3n) is 3.18. The van der Waals surface area contributed by atoms with Crippen LogP contribution in [0.2, 0.25) is 0 Å². The first-order valence-corrected chi connectivity index (χ1v) is 6.69. The number of amides is 1. The Balaban J connectivity index is 2.64. The fourth-order valence-corrected chi connectivity index (χ4v) is 2.18. The number of carbonyl (C=O) groups excluding carboxylic acids is 1. The second-order valence-electron chi connectivity index (χ2n) is 4.72. The predicted molar refractivity (Wildman–Crippen MR) is 76.8 cm³/mol. The van der Waals surface area contributed by atoms with Gasteiger partial charge in [-0.2, -0.15) is 0 Å². The van der Waals surface area contributed by atoms with Crippen molar-refractivity contribution in [1.29, 1.82) is 0 Å². The van der Waals surface area contributed by atoms with E-state index >= 15 is 0 Å². The first-order valence-electron chi connectivity index (χ1n) is 6.69. The van der Waals surface area contributed by atoms with Gasteiger partial charge in [-0.3, -0.25) is 4.79 Å². The zero-order valence-electron chi connectivity index (χ0n) is 12.0. The van der Waals surface area contributed by atoms with Crippen LogP contribution >= 0.6 is 0 Å². The van der Waals surface area contributed by atoms with Crippen molar-refractivity contribution < 1.29 is 9.53 Å². The Bertz CT molecular complexity index is 381. The van der Waals surface area contributed by atoms with E-state index in [-0.39, 0.29) is 11.9 Å². The van der Waals surface area contributed by atoms with E-state index in [1.807, 2.05) is 44.2 Å². The summed E-state index contributed by atoms with van der Waals surface area (Å²) in [6, 6.07) is 9.39. The molecule has 1 aromatic carbocycles. The lowest BCUT2D eigenvalue weighted by Gasteiger charge is -2.30. The van der Waals surface area contributed by atoms with Gasteiger partial charge in [-0.05, 0) is 25.8 Å². The van der Waals surface area contributed by atoms with Crippen LogP contribution in [0.25, 0.3) is 0 Å². The lowest BCUT2D eigenvalue weighted by atomic mass is 10.1. The zero-order valence-corrected chi connectivity index (χ0v) is 12.0. The highest BCUT2D eigenvalue weighted by atomic mass is 16.5. The Morgan fingerprint density at radius 1 is 1.37 bits per heavy atom. The molecule has 2 atom stereocenters. The molecule has 0 saturated carbocycles. The first-order chi connectivity index (χ1) is 9.10. The summed E-state index contributed by atoms with van der Waals surface area (Å²) in [6.07, 6.45) is 0.565. The standard InChI is InChI=1S/C15H24N2O2/c1-4-17(12(2)11-19-3)15(18)14(16)10-13-8-6-5-7-9-13/h5-9,12,14H,4,10-11,16H2,1-3H3/t12?,14-/m1/s1. The molecule has 0 saturated heterocycles. The van der Waals surface area contributed by atoms with Gasteiger partial charge in [0.2, 0.25) is 5.91 Å². The molecule has 19 heavy (non-hydrogen) atoms. The predicted octanol–water partition coefficient (Wildman–Crippen LogP) is 1.44. The number of hydrogen-bond donors (Lipinski definition) is 1. The van der Waals surface area contributed by atoms with Crippen molar-refractivity contribution in [2.75, 3.05) is 20.3 Å². The fourth-order valence-electron chi connectivity index (χ4n) is 2.18. The second-order valence-corrected chi connectivity index (χ2v) is 4.72. The molecule has 1 aromatic rings. The Morgan fingerprint density at radius 3 is 2.53 bits per heavy atom. The molecule has 0 aliphatic heterocycles. The molecular weight excluding hydrogens is 240 g/mol. The first kappa shape index (κ1) is 15.7. The maximum atomic E-state index is 12.3. The van der Waals surface area contributed by atoms with Gasteiger partial charge in [-0.15, -0.1) is 0 Å². The molecule has 2 N–H and O–H groups in total. The van der Waals surface area contributed by atoms with E-state index in [0.29, 0.717) is 19.6 Å². The van der Waals surface area contributed by atoms with Crippen molar-refractivity contribution in [1.82, 2.24) is 4.90 Å². The van der Waals surface area contributed by atoms with Gasteiger partial charge in [0.1, 0.15) is 0 Å². The van der Waals surface area contributed by atoms with Crippen molar-refractivity contribution in [3.05, 3.63) is 35.9 Å². The third kappa shape index (κ3) is 4.65. The molecule has 0 radical (unpaired) electrons. The SMILES string of the molecule is CCN(C(=O)[C@H](N)Cc1ccccc1)C(C)COC. The minimum atomic E-state index is -0.498. The quantitative estimate of drug-likeness (QED) is 0.810. The normalized spacial score (nSPS) is 13.9. The topological polar surface area (TPSA) is 55.6 Å². The van der Waals surface area contributed by atoms with Crippen LogP contribution in [0.5, 0.6) is 0 Å². The van der Waals surface area contributed by atoms with Crippen molar-refractivity contribution in [2.45, 2.75) is 32.4 Å². The molecule has 0 aliphatic carbocycles. The van der Waals surface area contributed by atoms with E-state index < -0.39 is 6.04 Å². The maximum Gasteiger partial charge on any atom is 0.240 e. The second kappa shape index (κ2) is 7.92. The van der Waals surface area contributed by atoms with Crippen LogP contribution in [0.15, 0.2) is 30.3 Å². The van der Waals surface area contributed by atoms with E-state index in [1.165, 1.54) is 0 Å². The van der Waals surface area contributed by atoms with E-state index in [9.17, 15) is 4.79 Å². The van der Waals surface area contributed by atoms with Crippen molar-refractivity contribution in [3.63, 3.8) is 0 Å². The third-order valence-corrected chi connectivity index (χ3v) is 3.18. The van der Waals surface area contributed by atoms with Crippen molar-refractivity contribution in [3.8, 4) is 0 Å². The summed E-state index contributed by atoms with van der Waals surface area (Å²) in [5.74, 6) is -0.0177. The Hall–Kier alpha value is -1.39. The van der Waals surface area contributed by atoms with Crippen molar-refractivity contribution in [2.24, 2.45) is 5.73 Å². The summed E-state index contributed by atoms with van der Waals surface area (Å²) < 4.78 is 5.10. The molecule has 4 nitrogen and oxygen atoms in total. The number of nitrogens with zero attached hydrogens (tertiary/aromatic N) is 1. The monoisotopic (exact) mass is 264 g/mol. The molecule has 1 unspecified atom stereocenters. The molecular formula is C15H24N2O2. The highest BCUT2D eigenvalue weighted by molar-refractivity contribution is 5.82. The number of rotatable bonds is 7. The van der Waals surface area contributed by atoms with E-state index in [2.05, 4.69) is 0 Å². The van der Waals surface area contributed by atoms with Crippen LogP contribution in [-0.2, 0) is 16.0 Å². The number of ether oxygens (including phenoxy) is 1. The van der Waals surface area contributed by atoms with Crippen LogP contribution in [0, 0.1) is 0 Å². The minimum Gasteiger partial charge on any atom is -0.383 e. The molecule has 0 aromatic heterocycles. The molecule has 0 fully saturated rings. The fraction of sp³-hybridized carbons (Fsp3) is 0.533. The summed E-state index contributed by atoms with van der Waals surface area (Å²) in [7, 11) is 1.64. The number of likely N-dealkylation sites (N-methyl/N-ethyl adjacent to an activating group) is 1. The van der Waals surface area contributed by atoms with Crippen LogP contribution < -0.4 is 5.73 Å². The Morgan fingerprint density at radius 2 is 2.00 bits per heavy atom. The van der Waals surface area contributed by atoms with Gasteiger partial charge < -0.3 is 15.4 Å². The lowest BCUT2D eigenvalue weighted by Crippen LogP contribution is -2.49. The smallest absolute Gasteiger partial charge is 0.240 e. The van der Waals surface area contributed by atoms with E-state index in [4.69, 9.17) is 10.5 Å². The van der Waals surface area contributed by atoms with Gasteiger partial charge in [0.25, 0.3) is 0 Å². The molecule has 4 heteroatoms. The summed E-state index contributed by atoms with van der Waals surface area (Å²) in [4.78, 5) is 14.1. The van der Waals surface area contributed by atoms with Crippen LogP contribution in [-0.4, -0.2) is 43.2 Å². The van der Waals surface area contributed by atoms with Gasteiger partial charge in [0.05, 0.1) is 18.7 Å². The Labute approximate surface area is 115 Å². The van der Waals surface area contributed by atoms with Crippen LogP contribution in [0.4, 0.5) is 0 Å². The number of methoxy groups -OCH3 is 1. The number of nitrogens with two attached hydrogens (primary N) is 1. The maximum absolute atomic E-state index is 12.3. The minimum absolute atomic E-state index is 0.0177. The number of hydrogen-bond acceptors (Lipinski definition) is 3. The molecule has 0 bridgehead atoms. The summed E-state index contributed by atoms with van der Waals surface area (Å²) >= 11 is 0. The lowest BCUT2D eigenvalue weighted by molar-refractivity contribution is -0.135. The molecule has 106 valence electrons. The molecule has 0 spiro atoms. The highest BCUT2D eigenvalue weighted by Crippen LogP contribution is 2.07. The van der Waals surface area contributed by atoms with Gasteiger partial charge in [-0.1, -0.05) is 30.3 Å². The van der Waals surface area contributed by atoms with Gasteiger partial charge in [-0.25, -0.2) is 0 Å². The molecule has 0 aliphatic rings. The van der Waals surface area contributed by atoms with Crippen LogP contribution in [0.1, 0.15) is 19.4 Å². The van der Waals surface area contributed by atoms with Gasteiger partial charge in [0, 0.05) is 13.7 Å². The Kier molecular flexibility index (Phi) is 6.53. The van der Waals surface area contributed by atoms with E-state index in [1.54, 1.807) is 12.0 Å².